The zero-order valence-corrected chi connectivity index (χ0v) is 83.0. The highest BCUT2D eigenvalue weighted by Crippen LogP contribution is 2.41. The SMILES string of the molecule is CC(C)(C)OC(=O)NC1CCNCC1.COc1cc(CO)c(-c2cn3ccc(Br)cc3n2)cc1Cl.COc1cc(CO)c(-c2cn3ccc(N4CCC(CC(=O)OC(C)(C)C)CC4)cc3n2)cc1Cl.COc1cc(CO)c(-c2cn3ccc(N4CCC(Cc5ccncn5)CC4)cc3n2)cc1Cl.COc1cc(CO)c(-c2cn3ccc(N4CCC(N)CC4)cc3n2)cc1Cl.Cc1ccncn1. The molecule has 4 saturated heterocycles. The number of halogens is 5. The van der Waals surface area contributed by atoms with E-state index in [0.717, 1.165) is 222 Å². The molecule has 0 atom stereocenters. The normalized spacial score (nSPS) is 14.5. The lowest BCUT2D eigenvalue weighted by Gasteiger charge is -2.33. The van der Waals surface area contributed by atoms with Crippen LogP contribution in [0.3, 0.4) is 0 Å². The molecule has 1 amide bonds. The summed E-state index contributed by atoms with van der Waals surface area (Å²) in [6, 6.07) is 35.0. The number of nitrogens with one attached hydrogen (secondary N) is 2. The van der Waals surface area contributed by atoms with E-state index >= 15 is 0 Å². The molecule has 30 nitrogen and oxygen atoms in total. The van der Waals surface area contributed by atoms with Crippen molar-refractivity contribution in [1.82, 2.24) is 68.1 Å². The third-order valence-electron chi connectivity index (χ3n) is 23.7. The molecule has 0 bridgehead atoms. The van der Waals surface area contributed by atoms with Crippen LogP contribution in [0.5, 0.6) is 23.0 Å². The van der Waals surface area contributed by atoms with Gasteiger partial charge in [-0.1, -0.05) is 62.3 Å². The zero-order chi connectivity index (χ0) is 96.9. The Kier molecular flexibility index (Phi) is 35.6. The molecule has 18 rings (SSSR count). The van der Waals surface area contributed by atoms with Crippen molar-refractivity contribution < 1.29 is 58.4 Å². The highest BCUT2D eigenvalue weighted by Gasteiger charge is 2.29. The monoisotopic (exact) mass is 1990 g/mol. The van der Waals surface area contributed by atoms with Crippen molar-refractivity contribution in [2.45, 2.75) is 162 Å². The molecule has 14 heterocycles. The highest BCUT2D eigenvalue weighted by atomic mass is 79.9. The van der Waals surface area contributed by atoms with Gasteiger partial charge in [0.2, 0.25) is 0 Å². The molecule has 4 fully saturated rings. The second kappa shape index (κ2) is 47.5. The van der Waals surface area contributed by atoms with Gasteiger partial charge in [-0.3, -0.25) is 4.79 Å². The second-order valence-corrected chi connectivity index (χ2v) is 38.2. The summed E-state index contributed by atoms with van der Waals surface area (Å²) < 4.78 is 40.4. The number of esters is 1. The van der Waals surface area contributed by atoms with Crippen molar-refractivity contribution in [3.05, 3.63) is 242 Å². The number of pyridine rings is 4. The minimum Gasteiger partial charge on any atom is -0.495 e. The number of hydrogen-bond acceptors (Lipinski definition) is 25. The maximum absolute atomic E-state index is 12.2. The summed E-state index contributed by atoms with van der Waals surface area (Å²) in [6.07, 6.45) is 31.8. The number of aryl methyl sites for hydroxylation is 1. The molecule has 14 aromatic rings. The maximum atomic E-state index is 12.2. The van der Waals surface area contributed by atoms with Crippen LogP contribution in [-0.4, -0.2) is 194 Å². The Morgan fingerprint density at radius 3 is 1.15 bits per heavy atom. The van der Waals surface area contributed by atoms with Gasteiger partial charge in [-0.05, 0) is 244 Å². The minimum absolute atomic E-state index is 0.111. The van der Waals surface area contributed by atoms with Crippen molar-refractivity contribution in [3.63, 3.8) is 0 Å². The fourth-order valence-electron chi connectivity index (χ4n) is 16.6. The second-order valence-electron chi connectivity index (χ2n) is 35.7. The van der Waals surface area contributed by atoms with Crippen LogP contribution in [-0.2, 0) is 47.1 Å². The Morgan fingerprint density at radius 1 is 0.463 bits per heavy atom. The largest absolute Gasteiger partial charge is 0.495 e. The Labute approximate surface area is 820 Å². The molecule has 8 N–H and O–H groups in total. The lowest BCUT2D eigenvalue weighted by molar-refractivity contribution is -0.156. The van der Waals surface area contributed by atoms with E-state index in [2.05, 4.69) is 103 Å². The van der Waals surface area contributed by atoms with E-state index in [4.69, 9.17) is 95.5 Å². The maximum Gasteiger partial charge on any atom is 0.407 e. The fraction of sp³-hybridized carbons (Fsp3) is 0.386. The molecule has 0 radical (unpaired) electrons. The van der Waals surface area contributed by atoms with E-state index in [1.54, 1.807) is 89.5 Å². The number of methoxy groups -OCH3 is 4. The Morgan fingerprint density at radius 2 is 0.816 bits per heavy atom. The molecule has 720 valence electrons. The first-order chi connectivity index (χ1) is 65.4. The zero-order valence-electron chi connectivity index (χ0n) is 78.4. The molecule has 35 heteroatoms. The number of anilines is 3. The number of nitrogens with zero attached hydrogens (tertiary/aromatic N) is 15. The number of carbonyl (C=O) groups is 2. The first-order valence-corrected chi connectivity index (χ1v) is 47.6. The fourth-order valence-corrected chi connectivity index (χ4v) is 17.8. The van der Waals surface area contributed by atoms with Crippen molar-refractivity contribution in [2.75, 3.05) is 95.5 Å². The molecule has 0 aliphatic carbocycles. The van der Waals surface area contributed by atoms with Gasteiger partial charge in [-0.15, -0.1) is 0 Å². The summed E-state index contributed by atoms with van der Waals surface area (Å²) in [4.78, 5) is 65.6. The van der Waals surface area contributed by atoms with Crippen molar-refractivity contribution in [1.29, 1.82) is 0 Å². The third kappa shape index (κ3) is 27.5. The number of aliphatic hydroxyl groups excluding tert-OH is 4. The molecule has 4 aliphatic heterocycles. The summed E-state index contributed by atoms with van der Waals surface area (Å²) >= 11 is 28.6. The number of amides is 1. The number of carbonyl (C=O) groups excluding carboxylic acids is 2. The third-order valence-corrected chi connectivity index (χ3v) is 25.4. The van der Waals surface area contributed by atoms with Gasteiger partial charge < -0.3 is 97.5 Å². The standard InChI is InChI=1S/C26H32ClN3O4.C25H26ClN5O2.C20H23ClN4O2.C15H12BrClN2O2.C10H20N2O2.C5H6N2/c1-26(2,3)34-25(32)11-17-5-8-29(9-6-17)19-7-10-30-15-22(28-24(30)13-19)20-14-21(27)23(33-4)12-18(20)16-31;1-33-24-11-18(15-32)21(13-22(24)26)23-14-31-9-5-20(12-25(31)29-23)30-7-3-17(4-8-30)10-19-2-6-27-16-28-19;1-27-19-8-13(12-26)16(10-17(19)21)18-11-25-7-4-15(9-20(25)23-18)24-5-2-14(22)3-6-24;1-21-14-4-9(8-20)11(6-12(14)17)13-7-19-3-2-10(16)5-15(19)18-13;1-10(2,3)14-9(13)12-8-4-6-11-7-5-8;1-5-2-3-6-4-7-5/h7,10,12-15,17,31H,5-6,8-9,11,16H2,1-4H3;2,5-6,9,11-14,16-17,32H,3-4,7-8,10,15H2,1H3;4,7-11,14,26H,2-3,5-6,12,22H2,1H3;2-7,20H,8H2,1H3;8,11H,4-7H2,1-3H3,(H,12,13);2-4H,1H3. The van der Waals surface area contributed by atoms with Crippen molar-refractivity contribution >= 4 is 114 Å². The van der Waals surface area contributed by atoms with Gasteiger partial charge in [0, 0.05) is 193 Å². The lowest BCUT2D eigenvalue weighted by Crippen LogP contribution is -2.44. The van der Waals surface area contributed by atoms with Gasteiger partial charge in [0.05, 0.1) is 97.7 Å². The number of benzene rings is 4. The number of hydrogen-bond donors (Lipinski definition) is 7. The Balaban J connectivity index is 0.000000144. The smallest absolute Gasteiger partial charge is 0.407 e. The quantitative estimate of drug-likeness (QED) is 0.0349. The van der Waals surface area contributed by atoms with Crippen LogP contribution < -0.4 is 50.0 Å². The molecule has 0 saturated carbocycles. The molecule has 0 unspecified atom stereocenters. The van der Waals surface area contributed by atoms with Crippen molar-refractivity contribution in [3.8, 4) is 68.0 Å². The number of imidazole rings is 4. The Hall–Kier alpha value is -11.5. The van der Waals surface area contributed by atoms with Crippen LogP contribution in [0.15, 0.2) is 188 Å². The average molecular weight is 2000 g/mol. The number of rotatable bonds is 20. The first kappa shape index (κ1) is 102. The van der Waals surface area contributed by atoms with Gasteiger partial charge in [-0.25, -0.2) is 44.7 Å². The molecule has 136 heavy (non-hydrogen) atoms. The summed E-state index contributed by atoms with van der Waals surface area (Å²) in [7, 11) is 6.22. The molecule has 0 spiro atoms. The number of ether oxygens (including phenoxy) is 6. The van der Waals surface area contributed by atoms with E-state index in [-0.39, 0.29) is 44.5 Å². The summed E-state index contributed by atoms with van der Waals surface area (Å²) in [5, 5.41) is 47.1. The number of fused-ring (bicyclic) bond motifs is 4. The van der Waals surface area contributed by atoms with Crippen LogP contribution in [0.2, 0.25) is 20.1 Å². The van der Waals surface area contributed by atoms with Gasteiger partial charge in [0.15, 0.2) is 0 Å². The van der Waals surface area contributed by atoms with Gasteiger partial charge in [-0.2, -0.15) is 0 Å². The summed E-state index contributed by atoms with van der Waals surface area (Å²) in [5.41, 5.74) is 23.2. The van der Waals surface area contributed by atoms with Crippen LogP contribution in [0.1, 0.15) is 133 Å². The van der Waals surface area contributed by atoms with Crippen LogP contribution in [0.25, 0.3) is 67.6 Å². The topological polar surface area (TPSA) is 351 Å². The predicted molar refractivity (Wildman–Crippen MR) is 538 cm³/mol. The number of aliphatic hydroxyl groups is 4. The minimum atomic E-state index is -0.439. The van der Waals surface area contributed by atoms with Crippen LogP contribution in [0, 0.1) is 18.8 Å². The molecule has 4 aliphatic rings. The number of nitrogens with two attached hydrogens (primary N) is 1. The lowest BCUT2D eigenvalue weighted by atomic mass is 9.92. The predicted octanol–water partition coefficient (Wildman–Crippen LogP) is 18.6. The van der Waals surface area contributed by atoms with Crippen LogP contribution >= 0.6 is 62.3 Å². The first-order valence-electron chi connectivity index (χ1n) is 45.3. The number of piperidine rings is 4. The highest BCUT2D eigenvalue weighted by molar-refractivity contribution is 9.10. The van der Waals surface area contributed by atoms with E-state index in [0.29, 0.717) is 73.0 Å². The van der Waals surface area contributed by atoms with Gasteiger partial charge in [0.1, 0.15) is 69.4 Å². The molecule has 4 aromatic carbocycles. The average Bonchev–Trinajstić information content (AvgIpc) is 1.65. The van der Waals surface area contributed by atoms with Crippen LogP contribution in [0.4, 0.5) is 21.9 Å². The van der Waals surface area contributed by atoms with Crippen molar-refractivity contribution in [2.24, 2.45) is 17.6 Å². The Bertz CT molecular complexity index is 6350. The van der Waals surface area contributed by atoms with E-state index in [9.17, 15) is 30.0 Å². The molecular formula is C101H119BrCl4N18O12. The van der Waals surface area contributed by atoms with E-state index in [1.807, 2.05) is 146 Å². The van der Waals surface area contributed by atoms with E-state index in [1.165, 1.54) is 12.0 Å². The number of alkyl carbamates (subject to hydrolysis) is 1. The molecule has 10 aromatic heterocycles. The van der Waals surface area contributed by atoms with Gasteiger partial charge >= 0.3 is 12.1 Å². The number of aromatic nitrogens is 12. The summed E-state index contributed by atoms with van der Waals surface area (Å²) in [6.45, 7) is 20.4. The van der Waals surface area contributed by atoms with E-state index < -0.39 is 11.2 Å². The summed E-state index contributed by atoms with van der Waals surface area (Å²) in [5.74, 6) is 3.03. The van der Waals surface area contributed by atoms with Gasteiger partial charge in [0.25, 0.3) is 0 Å². The molecular weight excluding hydrogens is 1880 g/mol.